The quantitative estimate of drug-likeness (QED) is 0.638. The third kappa shape index (κ3) is 2.77. The van der Waals surface area contributed by atoms with Gasteiger partial charge in [0.25, 0.3) is 0 Å². The van der Waals surface area contributed by atoms with Gasteiger partial charge in [-0.2, -0.15) is 0 Å². The van der Waals surface area contributed by atoms with E-state index in [0.717, 1.165) is 0 Å². The van der Waals surface area contributed by atoms with E-state index in [1.54, 1.807) is 4.90 Å². The van der Waals surface area contributed by atoms with Crippen LogP contribution in [-0.2, 0) is 15.6 Å². The van der Waals surface area contributed by atoms with Crippen LogP contribution in [0, 0.1) is 5.92 Å². The van der Waals surface area contributed by atoms with Crippen LogP contribution in [0.4, 0.5) is 0 Å². The minimum Gasteiger partial charge on any atom is -0.341 e. The van der Waals surface area contributed by atoms with Gasteiger partial charge in [0.05, 0.1) is 0 Å². The van der Waals surface area contributed by atoms with Gasteiger partial charge in [0, 0.05) is 47.9 Å². The molecule has 2 N–H and O–H groups in total. The van der Waals surface area contributed by atoms with E-state index in [9.17, 15) is 9.00 Å². The van der Waals surface area contributed by atoms with Crippen molar-refractivity contribution in [1.29, 1.82) is 0 Å². The highest BCUT2D eigenvalue weighted by Gasteiger charge is 2.23. The molecule has 1 unspecified atom stereocenters. The molecule has 0 aliphatic carbocycles. The molecule has 1 fully saturated rings. The Balaban J connectivity index is 2.44. The van der Waals surface area contributed by atoms with Gasteiger partial charge in [-0.1, -0.05) is 6.92 Å². The number of carbonyl (C=O) groups is 1. The number of carbonyl (C=O) groups excluding carboxylic acids is 1. The van der Waals surface area contributed by atoms with Gasteiger partial charge < -0.3 is 10.6 Å². The third-order valence-corrected chi connectivity index (χ3v) is 3.54. The van der Waals surface area contributed by atoms with Gasteiger partial charge in [0.1, 0.15) is 0 Å². The smallest absolute Gasteiger partial charge is 0.226 e. The Kier molecular flexibility index (Phi) is 3.87. The molecule has 1 aliphatic rings. The summed E-state index contributed by atoms with van der Waals surface area (Å²) in [5, 5.41) is 0. The van der Waals surface area contributed by atoms with Crippen molar-refractivity contribution in [2.24, 2.45) is 11.7 Å². The van der Waals surface area contributed by atoms with E-state index in [4.69, 9.17) is 5.73 Å². The number of hydrogen-bond donors (Lipinski definition) is 1. The maximum Gasteiger partial charge on any atom is 0.226 e. The molecule has 13 heavy (non-hydrogen) atoms. The molecule has 1 amide bonds. The van der Waals surface area contributed by atoms with Crippen LogP contribution in [0.25, 0.3) is 0 Å². The fraction of sp³-hybridized carbons (Fsp3) is 0.875. The van der Waals surface area contributed by atoms with Crippen molar-refractivity contribution >= 4 is 16.7 Å². The highest BCUT2D eigenvalue weighted by molar-refractivity contribution is 7.85. The summed E-state index contributed by atoms with van der Waals surface area (Å²) >= 11 is 0. The summed E-state index contributed by atoms with van der Waals surface area (Å²) < 4.78 is 11.0. The Labute approximate surface area is 80.9 Å². The van der Waals surface area contributed by atoms with Gasteiger partial charge in [0.15, 0.2) is 0 Å². The van der Waals surface area contributed by atoms with Crippen LogP contribution in [-0.4, -0.2) is 46.2 Å². The Hall–Kier alpha value is -0.420. The van der Waals surface area contributed by atoms with E-state index in [-0.39, 0.29) is 11.8 Å². The van der Waals surface area contributed by atoms with E-state index < -0.39 is 10.8 Å². The first-order valence-electron chi connectivity index (χ1n) is 4.49. The number of amides is 1. The Morgan fingerprint density at radius 2 is 2.08 bits per heavy atom. The van der Waals surface area contributed by atoms with Gasteiger partial charge >= 0.3 is 0 Å². The van der Waals surface area contributed by atoms with Crippen LogP contribution in [0.15, 0.2) is 0 Å². The van der Waals surface area contributed by atoms with Crippen LogP contribution in [0.3, 0.4) is 0 Å². The lowest BCUT2D eigenvalue weighted by Gasteiger charge is -2.28. The summed E-state index contributed by atoms with van der Waals surface area (Å²) in [5.41, 5.74) is 5.40. The number of rotatable bonds is 2. The molecule has 76 valence electrons. The zero-order valence-corrected chi connectivity index (χ0v) is 8.68. The molecule has 0 aromatic rings. The van der Waals surface area contributed by atoms with Crippen molar-refractivity contribution in [3.8, 4) is 0 Å². The molecule has 5 heteroatoms. The van der Waals surface area contributed by atoms with E-state index in [1.165, 1.54) is 0 Å². The highest BCUT2D eigenvalue weighted by atomic mass is 32.2. The topological polar surface area (TPSA) is 63.4 Å². The van der Waals surface area contributed by atoms with E-state index in [0.29, 0.717) is 31.1 Å². The third-order valence-electron chi connectivity index (χ3n) is 2.26. The molecule has 1 saturated heterocycles. The van der Waals surface area contributed by atoms with Gasteiger partial charge in [-0.05, 0) is 0 Å². The van der Waals surface area contributed by atoms with Gasteiger partial charge in [0.2, 0.25) is 5.91 Å². The minimum absolute atomic E-state index is 0.0965. The molecular weight excluding hydrogens is 188 g/mol. The summed E-state index contributed by atoms with van der Waals surface area (Å²) in [4.78, 5) is 13.3. The predicted molar refractivity (Wildman–Crippen MR) is 52.7 cm³/mol. The second-order valence-electron chi connectivity index (χ2n) is 3.31. The van der Waals surface area contributed by atoms with Gasteiger partial charge in [-0.15, -0.1) is 0 Å². The van der Waals surface area contributed by atoms with Crippen LogP contribution in [0.2, 0.25) is 0 Å². The molecule has 0 bridgehead atoms. The monoisotopic (exact) mass is 204 g/mol. The second-order valence-corrected chi connectivity index (χ2v) is 5.01. The first-order valence-corrected chi connectivity index (χ1v) is 5.97. The number of hydrogen-bond acceptors (Lipinski definition) is 3. The average Bonchev–Trinajstić information content (AvgIpc) is 2.17. The van der Waals surface area contributed by atoms with Crippen LogP contribution < -0.4 is 5.73 Å². The van der Waals surface area contributed by atoms with E-state index >= 15 is 0 Å². The average molecular weight is 204 g/mol. The van der Waals surface area contributed by atoms with Gasteiger partial charge in [-0.3, -0.25) is 9.00 Å². The van der Waals surface area contributed by atoms with Crippen molar-refractivity contribution in [3.63, 3.8) is 0 Å². The molecule has 0 aromatic carbocycles. The maximum absolute atomic E-state index is 11.6. The zero-order valence-electron chi connectivity index (χ0n) is 7.86. The molecular formula is C8H16N2O2S. The molecule has 1 rings (SSSR count). The van der Waals surface area contributed by atoms with Crippen molar-refractivity contribution in [3.05, 3.63) is 0 Å². The molecule has 4 nitrogen and oxygen atoms in total. The lowest BCUT2D eigenvalue weighted by molar-refractivity contribution is -0.134. The summed E-state index contributed by atoms with van der Waals surface area (Å²) in [5.74, 6) is 1.22. The van der Waals surface area contributed by atoms with Crippen LogP contribution in [0.5, 0.6) is 0 Å². The van der Waals surface area contributed by atoms with E-state index in [1.807, 2.05) is 6.92 Å². The lowest BCUT2D eigenvalue weighted by Crippen LogP contribution is -2.45. The molecule has 1 atom stereocenters. The molecule has 0 radical (unpaired) electrons. The second kappa shape index (κ2) is 4.72. The number of nitrogens with two attached hydrogens (primary N) is 1. The first kappa shape index (κ1) is 10.7. The lowest BCUT2D eigenvalue weighted by atomic mass is 10.1. The molecule has 0 spiro atoms. The molecule has 0 aromatic heterocycles. The number of nitrogens with zero attached hydrogens (tertiary/aromatic N) is 1. The summed E-state index contributed by atoms with van der Waals surface area (Å²) in [6.07, 6.45) is 0. The Morgan fingerprint density at radius 1 is 1.54 bits per heavy atom. The normalized spacial score (nSPS) is 21.5. The van der Waals surface area contributed by atoms with Crippen molar-refractivity contribution in [1.82, 2.24) is 4.90 Å². The maximum atomic E-state index is 11.6. The van der Waals surface area contributed by atoms with Crippen molar-refractivity contribution < 1.29 is 9.00 Å². The first-order chi connectivity index (χ1) is 6.15. The van der Waals surface area contributed by atoms with Crippen LogP contribution >= 0.6 is 0 Å². The van der Waals surface area contributed by atoms with Crippen LogP contribution in [0.1, 0.15) is 6.92 Å². The standard InChI is InChI=1S/C8H16N2O2S/c1-7(6-9)8(11)10-2-4-13(12)5-3-10/h7H,2-6,9H2,1H3. The summed E-state index contributed by atoms with van der Waals surface area (Å²) in [6.45, 7) is 3.46. The summed E-state index contributed by atoms with van der Waals surface area (Å²) in [6, 6.07) is 0. The van der Waals surface area contributed by atoms with Gasteiger partial charge in [-0.25, -0.2) is 0 Å². The largest absolute Gasteiger partial charge is 0.341 e. The highest BCUT2D eigenvalue weighted by Crippen LogP contribution is 2.05. The SMILES string of the molecule is CC(CN)C(=O)N1CCS(=O)CC1. The Morgan fingerprint density at radius 3 is 2.54 bits per heavy atom. The fourth-order valence-electron chi connectivity index (χ4n) is 1.27. The Bertz CT molecular complexity index is 210. The zero-order chi connectivity index (χ0) is 9.84. The molecule has 0 saturated carbocycles. The minimum atomic E-state index is -0.718. The fourth-order valence-corrected chi connectivity index (χ4v) is 2.32. The molecule has 1 aliphatic heterocycles. The predicted octanol–water partition coefficient (Wildman–Crippen LogP) is -0.828. The van der Waals surface area contributed by atoms with E-state index in [2.05, 4.69) is 0 Å². The molecule has 1 heterocycles. The van der Waals surface area contributed by atoms with Crippen molar-refractivity contribution in [2.45, 2.75) is 6.92 Å². The summed E-state index contributed by atoms with van der Waals surface area (Å²) in [7, 11) is -0.718. The van der Waals surface area contributed by atoms with Crippen molar-refractivity contribution in [2.75, 3.05) is 31.1 Å².